The predicted octanol–water partition coefficient (Wildman–Crippen LogP) is 5.32. The van der Waals surface area contributed by atoms with Gasteiger partial charge in [-0.15, -0.1) is 0 Å². The first-order valence-corrected chi connectivity index (χ1v) is 7.25. The molecule has 5 heteroatoms. The summed E-state index contributed by atoms with van der Waals surface area (Å²) in [4.78, 5) is 2.03. The van der Waals surface area contributed by atoms with Crippen molar-refractivity contribution in [2.75, 3.05) is 24.3 Å². The van der Waals surface area contributed by atoms with Gasteiger partial charge in [0.05, 0.1) is 11.4 Å². The van der Waals surface area contributed by atoms with Crippen LogP contribution in [0.3, 0.4) is 0 Å². The quantitative estimate of drug-likeness (QED) is 0.816. The van der Waals surface area contributed by atoms with Crippen LogP contribution in [0.1, 0.15) is 5.56 Å². The Balaban J connectivity index is 2.22. The predicted molar refractivity (Wildman–Crippen MR) is 89.6 cm³/mol. The number of nitrogens with zero attached hydrogens (tertiary/aromatic N) is 1. The molecule has 0 amide bonds. The van der Waals surface area contributed by atoms with E-state index in [2.05, 4.69) is 5.32 Å². The summed E-state index contributed by atoms with van der Waals surface area (Å²) in [6.45, 7) is 0.584. The molecular weight excluding hydrogens is 315 g/mol. The highest BCUT2D eigenvalue weighted by Crippen LogP contribution is 2.29. The van der Waals surface area contributed by atoms with E-state index in [0.29, 0.717) is 21.6 Å². The molecule has 0 bridgehead atoms. The smallest absolute Gasteiger partial charge is 0.0597 e. The van der Waals surface area contributed by atoms with Gasteiger partial charge in [0.2, 0.25) is 0 Å². The fourth-order valence-corrected chi connectivity index (χ4v) is 2.46. The molecule has 0 atom stereocenters. The second-order valence-electron chi connectivity index (χ2n) is 4.65. The molecule has 1 N–H and O–H groups in total. The van der Waals surface area contributed by atoms with Gasteiger partial charge in [0.25, 0.3) is 0 Å². The van der Waals surface area contributed by atoms with Crippen LogP contribution in [0.15, 0.2) is 36.4 Å². The summed E-state index contributed by atoms with van der Waals surface area (Å²) in [5, 5.41) is 5.40. The van der Waals surface area contributed by atoms with Crippen molar-refractivity contribution in [2.24, 2.45) is 0 Å². The molecule has 0 aliphatic heterocycles. The molecule has 0 aromatic heterocycles. The molecule has 0 saturated carbocycles. The van der Waals surface area contributed by atoms with E-state index in [1.165, 1.54) is 0 Å². The zero-order valence-electron chi connectivity index (χ0n) is 11.3. The third kappa shape index (κ3) is 3.72. The van der Waals surface area contributed by atoms with Gasteiger partial charge in [-0.2, -0.15) is 0 Å². The van der Waals surface area contributed by atoms with E-state index in [9.17, 15) is 0 Å². The number of nitrogens with one attached hydrogen (secondary N) is 1. The molecule has 0 aliphatic rings. The maximum absolute atomic E-state index is 6.16. The summed E-state index contributed by atoms with van der Waals surface area (Å²) in [7, 11) is 3.97. The average molecular weight is 330 g/mol. The van der Waals surface area contributed by atoms with E-state index in [-0.39, 0.29) is 0 Å². The Morgan fingerprint density at radius 2 is 1.60 bits per heavy atom. The third-order valence-electron chi connectivity index (χ3n) is 2.92. The van der Waals surface area contributed by atoms with Crippen LogP contribution in [-0.2, 0) is 6.54 Å². The van der Waals surface area contributed by atoms with Gasteiger partial charge >= 0.3 is 0 Å². The third-order valence-corrected chi connectivity index (χ3v) is 3.76. The van der Waals surface area contributed by atoms with Crippen LogP contribution in [0, 0.1) is 0 Å². The van der Waals surface area contributed by atoms with Crippen molar-refractivity contribution in [3.8, 4) is 0 Å². The number of hydrogen-bond donors (Lipinski definition) is 1. The fraction of sp³-hybridized carbons (Fsp3) is 0.200. The minimum Gasteiger partial charge on any atom is -0.379 e. The molecule has 0 heterocycles. The monoisotopic (exact) mass is 328 g/mol. The standard InChI is InChI=1S/C15H15Cl3N2/c1-20(2)15-6-4-12(17)8-14(15)19-9-10-7-11(16)3-5-13(10)18/h3-8,19H,9H2,1-2H3. The summed E-state index contributed by atoms with van der Waals surface area (Å²) < 4.78 is 0. The summed E-state index contributed by atoms with van der Waals surface area (Å²) >= 11 is 18.2. The fourth-order valence-electron chi connectivity index (χ4n) is 1.91. The first-order valence-electron chi connectivity index (χ1n) is 6.12. The number of benzene rings is 2. The Bertz CT molecular complexity index is 612. The summed E-state index contributed by atoms with van der Waals surface area (Å²) in [5.41, 5.74) is 2.97. The SMILES string of the molecule is CN(C)c1ccc(Cl)cc1NCc1cc(Cl)ccc1Cl. The molecular formula is C15H15Cl3N2. The number of anilines is 2. The molecule has 0 radical (unpaired) electrons. The molecule has 2 aromatic rings. The lowest BCUT2D eigenvalue weighted by molar-refractivity contribution is 1.10. The molecule has 0 unspecified atom stereocenters. The van der Waals surface area contributed by atoms with Crippen molar-refractivity contribution in [2.45, 2.75) is 6.54 Å². The molecule has 0 spiro atoms. The van der Waals surface area contributed by atoms with E-state index in [0.717, 1.165) is 16.9 Å². The van der Waals surface area contributed by atoms with Gasteiger partial charge in [-0.3, -0.25) is 0 Å². The first kappa shape index (κ1) is 15.3. The molecule has 2 rings (SSSR count). The van der Waals surface area contributed by atoms with Gasteiger partial charge in [-0.1, -0.05) is 34.8 Å². The summed E-state index contributed by atoms with van der Waals surface area (Å²) in [6.07, 6.45) is 0. The maximum Gasteiger partial charge on any atom is 0.0597 e. The van der Waals surface area contributed by atoms with Crippen molar-refractivity contribution in [1.82, 2.24) is 0 Å². The second kappa shape index (κ2) is 6.57. The van der Waals surface area contributed by atoms with Crippen LogP contribution in [0.4, 0.5) is 11.4 Å². The summed E-state index contributed by atoms with van der Waals surface area (Å²) in [6, 6.07) is 11.2. The van der Waals surface area contributed by atoms with E-state index in [1.807, 2.05) is 43.3 Å². The Kier molecular flexibility index (Phi) is 5.03. The molecule has 0 fully saturated rings. The Morgan fingerprint density at radius 3 is 2.30 bits per heavy atom. The molecule has 106 valence electrons. The average Bonchev–Trinajstić information content (AvgIpc) is 2.39. The highest BCUT2D eigenvalue weighted by atomic mass is 35.5. The van der Waals surface area contributed by atoms with Gasteiger partial charge in [-0.25, -0.2) is 0 Å². The zero-order chi connectivity index (χ0) is 14.7. The van der Waals surface area contributed by atoms with E-state index in [4.69, 9.17) is 34.8 Å². The highest BCUT2D eigenvalue weighted by molar-refractivity contribution is 6.33. The second-order valence-corrected chi connectivity index (χ2v) is 5.93. The van der Waals surface area contributed by atoms with Crippen LogP contribution in [0.5, 0.6) is 0 Å². The lowest BCUT2D eigenvalue weighted by Gasteiger charge is -2.19. The highest BCUT2D eigenvalue weighted by Gasteiger charge is 2.07. The summed E-state index contributed by atoms with van der Waals surface area (Å²) in [5.74, 6) is 0. The minimum atomic E-state index is 0.584. The van der Waals surface area contributed by atoms with Crippen LogP contribution in [-0.4, -0.2) is 14.1 Å². The largest absolute Gasteiger partial charge is 0.379 e. The van der Waals surface area contributed by atoms with E-state index in [1.54, 1.807) is 12.1 Å². The topological polar surface area (TPSA) is 15.3 Å². The van der Waals surface area contributed by atoms with Gasteiger partial charge in [-0.05, 0) is 42.0 Å². The molecule has 2 nitrogen and oxygen atoms in total. The van der Waals surface area contributed by atoms with E-state index < -0.39 is 0 Å². The number of hydrogen-bond acceptors (Lipinski definition) is 2. The molecule has 0 aliphatic carbocycles. The van der Waals surface area contributed by atoms with E-state index >= 15 is 0 Å². The van der Waals surface area contributed by atoms with Crippen molar-refractivity contribution in [3.63, 3.8) is 0 Å². The van der Waals surface area contributed by atoms with Crippen LogP contribution >= 0.6 is 34.8 Å². The molecule has 2 aromatic carbocycles. The first-order chi connectivity index (χ1) is 9.47. The molecule has 20 heavy (non-hydrogen) atoms. The van der Waals surface area contributed by atoms with Crippen molar-refractivity contribution >= 4 is 46.2 Å². The Hall–Kier alpha value is -1.09. The van der Waals surface area contributed by atoms with Gasteiger partial charge in [0, 0.05) is 35.7 Å². The van der Waals surface area contributed by atoms with Crippen LogP contribution in [0.2, 0.25) is 15.1 Å². The van der Waals surface area contributed by atoms with Gasteiger partial charge in [0.1, 0.15) is 0 Å². The lowest BCUT2D eigenvalue weighted by atomic mass is 10.2. The van der Waals surface area contributed by atoms with Gasteiger partial charge < -0.3 is 10.2 Å². The Morgan fingerprint density at radius 1 is 0.950 bits per heavy atom. The van der Waals surface area contributed by atoms with Crippen molar-refractivity contribution in [3.05, 3.63) is 57.0 Å². The minimum absolute atomic E-state index is 0.584. The Labute approximate surface area is 134 Å². The number of rotatable bonds is 4. The molecule has 0 saturated heterocycles. The normalized spacial score (nSPS) is 10.4. The van der Waals surface area contributed by atoms with Crippen LogP contribution in [0.25, 0.3) is 0 Å². The number of halogens is 3. The van der Waals surface area contributed by atoms with Crippen molar-refractivity contribution < 1.29 is 0 Å². The maximum atomic E-state index is 6.16. The van der Waals surface area contributed by atoms with Crippen LogP contribution < -0.4 is 10.2 Å². The zero-order valence-corrected chi connectivity index (χ0v) is 13.5. The van der Waals surface area contributed by atoms with Crippen molar-refractivity contribution in [1.29, 1.82) is 0 Å². The lowest BCUT2D eigenvalue weighted by Crippen LogP contribution is -2.12. The van der Waals surface area contributed by atoms with Gasteiger partial charge in [0.15, 0.2) is 0 Å².